The lowest BCUT2D eigenvalue weighted by Gasteiger charge is -2.31. The van der Waals surface area contributed by atoms with Crippen molar-refractivity contribution in [3.8, 4) is 10.9 Å². The minimum absolute atomic E-state index is 0.0185. The maximum Gasteiger partial charge on any atom is 0.274 e. The second-order valence-corrected chi connectivity index (χ2v) is 8.87. The van der Waals surface area contributed by atoms with Crippen molar-refractivity contribution in [2.45, 2.75) is 18.9 Å². The molecule has 1 saturated heterocycles. The first kappa shape index (κ1) is 20.5. The van der Waals surface area contributed by atoms with Crippen LogP contribution in [0.5, 0.6) is 10.9 Å². The summed E-state index contributed by atoms with van der Waals surface area (Å²) in [5, 5.41) is 2.13. The van der Waals surface area contributed by atoms with Crippen LogP contribution >= 0.6 is 46.1 Å². The number of nitrogens with zero attached hydrogens (tertiary/aromatic N) is 2. The quantitative estimate of drug-likeness (QED) is 0.478. The molecule has 0 atom stereocenters. The summed E-state index contributed by atoms with van der Waals surface area (Å²) in [7, 11) is 0. The van der Waals surface area contributed by atoms with E-state index >= 15 is 0 Å². The van der Waals surface area contributed by atoms with Crippen LogP contribution < -0.4 is 9.47 Å². The van der Waals surface area contributed by atoms with Gasteiger partial charge in [-0.25, -0.2) is 4.98 Å². The summed E-state index contributed by atoms with van der Waals surface area (Å²) in [5.41, 5.74) is 0.764. The summed E-state index contributed by atoms with van der Waals surface area (Å²) in [6.45, 7) is 1.14. The van der Waals surface area contributed by atoms with E-state index in [2.05, 4.69) is 4.98 Å². The molecule has 3 aromatic rings. The standard InChI is InChI=1S/C20H17Cl3N2O3S/c21-12-4-5-16(15(23)10-12)27-11-18(26)25-8-6-13(7-9-25)28-20-24-19-14(22)2-1-3-17(19)29-20/h1-5,10,13H,6-9,11H2. The minimum Gasteiger partial charge on any atom is -0.482 e. The number of hydrogen-bond donors (Lipinski definition) is 0. The number of carbonyl (C=O) groups excluding carboxylic acids is 1. The van der Waals surface area contributed by atoms with Crippen molar-refractivity contribution in [3.05, 3.63) is 51.5 Å². The summed E-state index contributed by atoms with van der Waals surface area (Å²) in [5.74, 6) is 0.360. The lowest BCUT2D eigenvalue weighted by molar-refractivity contribution is -0.135. The number of halogens is 3. The normalized spacial score (nSPS) is 14.9. The molecular weight excluding hydrogens is 455 g/mol. The zero-order valence-electron chi connectivity index (χ0n) is 15.2. The monoisotopic (exact) mass is 470 g/mol. The fourth-order valence-corrected chi connectivity index (χ4v) is 4.78. The van der Waals surface area contributed by atoms with Gasteiger partial charge in [0, 0.05) is 31.0 Å². The Kier molecular flexibility index (Phi) is 6.35. The molecule has 1 aliphatic heterocycles. The molecule has 5 nitrogen and oxygen atoms in total. The molecule has 0 saturated carbocycles. The Bertz CT molecular complexity index is 1030. The molecule has 152 valence electrons. The highest BCUT2D eigenvalue weighted by Crippen LogP contribution is 2.33. The first-order valence-electron chi connectivity index (χ1n) is 9.07. The average Bonchev–Trinajstić information content (AvgIpc) is 3.11. The first-order chi connectivity index (χ1) is 14.0. The van der Waals surface area contributed by atoms with Crippen LogP contribution in [0.1, 0.15) is 12.8 Å². The van der Waals surface area contributed by atoms with Crippen molar-refractivity contribution in [1.82, 2.24) is 9.88 Å². The van der Waals surface area contributed by atoms with Gasteiger partial charge in [-0.3, -0.25) is 4.79 Å². The number of benzene rings is 2. The molecule has 0 aliphatic carbocycles. The van der Waals surface area contributed by atoms with Gasteiger partial charge in [-0.05, 0) is 30.3 Å². The molecule has 2 aromatic carbocycles. The zero-order chi connectivity index (χ0) is 20.4. The molecule has 1 amide bonds. The number of amides is 1. The predicted octanol–water partition coefficient (Wildman–Crippen LogP) is 5.71. The van der Waals surface area contributed by atoms with Crippen LogP contribution in [-0.4, -0.2) is 41.6 Å². The van der Waals surface area contributed by atoms with Crippen LogP contribution in [0.4, 0.5) is 0 Å². The zero-order valence-corrected chi connectivity index (χ0v) is 18.3. The number of rotatable bonds is 5. The molecule has 0 bridgehead atoms. The Hall–Kier alpha value is -1.73. The molecule has 0 unspecified atom stereocenters. The highest BCUT2D eigenvalue weighted by atomic mass is 35.5. The highest BCUT2D eigenvalue weighted by Gasteiger charge is 2.25. The maximum absolute atomic E-state index is 12.4. The van der Waals surface area contributed by atoms with Gasteiger partial charge in [0.2, 0.25) is 0 Å². The van der Waals surface area contributed by atoms with E-state index in [0.29, 0.717) is 39.1 Å². The molecule has 0 N–H and O–H groups in total. The van der Waals surface area contributed by atoms with Gasteiger partial charge in [0.25, 0.3) is 11.1 Å². The van der Waals surface area contributed by atoms with Gasteiger partial charge >= 0.3 is 0 Å². The molecule has 1 aliphatic rings. The molecule has 1 fully saturated rings. The van der Waals surface area contributed by atoms with Gasteiger partial charge in [-0.15, -0.1) is 0 Å². The fourth-order valence-electron chi connectivity index (χ4n) is 3.13. The number of hydrogen-bond acceptors (Lipinski definition) is 5. The molecule has 0 radical (unpaired) electrons. The number of para-hydroxylation sites is 1. The third-order valence-corrected chi connectivity index (χ3v) is 6.40. The van der Waals surface area contributed by atoms with E-state index in [-0.39, 0.29) is 18.6 Å². The molecule has 9 heteroatoms. The van der Waals surface area contributed by atoms with Crippen LogP contribution in [-0.2, 0) is 4.79 Å². The van der Waals surface area contributed by atoms with Crippen molar-refractivity contribution < 1.29 is 14.3 Å². The van der Waals surface area contributed by atoms with Gasteiger partial charge in [-0.1, -0.05) is 52.2 Å². The van der Waals surface area contributed by atoms with E-state index in [0.717, 1.165) is 23.1 Å². The highest BCUT2D eigenvalue weighted by molar-refractivity contribution is 7.20. The summed E-state index contributed by atoms with van der Waals surface area (Å²) in [6, 6.07) is 10.6. The van der Waals surface area contributed by atoms with Gasteiger partial charge < -0.3 is 14.4 Å². The number of piperidine rings is 1. The molecular formula is C20H17Cl3N2O3S. The van der Waals surface area contributed by atoms with Gasteiger partial charge in [0.05, 0.1) is 14.7 Å². The SMILES string of the molecule is O=C(COc1ccc(Cl)cc1Cl)N1CCC(Oc2nc3c(Cl)cccc3s2)CC1. The Balaban J connectivity index is 1.28. The van der Waals surface area contributed by atoms with E-state index < -0.39 is 0 Å². The lowest BCUT2D eigenvalue weighted by atomic mass is 10.1. The molecule has 29 heavy (non-hydrogen) atoms. The number of aromatic nitrogens is 1. The van der Waals surface area contributed by atoms with E-state index in [1.54, 1.807) is 23.1 Å². The second kappa shape index (κ2) is 8.96. The molecule has 0 spiro atoms. The van der Waals surface area contributed by atoms with Crippen molar-refractivity contribution in [1.29, 1.82) is 0 Å². The van der Waals surface area contributed by atoms with Crippen LogP contribution in [0.15, 0.2) is 36.4 Å². The van der Waals surface area contributed by atoms with Gasteiger partial charge in [0.1, 0.15) is 17.4 Å². The molecule has 4 rings (SSSR count). The van der Waals surface area contributed by atoms with E-state index in [4.69, 9.17) is 44.3 Å². The third-order valence-electron chi connectivity index (χ3n) is 4.66. The summed E-state index contributed by atoms with van der Waals surface area (Å²) >= 11 is 19.6. The van der Waals surface area contributed by atoms with E-state index in [1.807, 2.05) is 18.2 Å². The largest absolute Gasteiger partial charge is 0.482 e. The van der Waals surface area contributed by atoms with Crippen molar-refractivity contribution in [2.24, 2.45) is 0 Å². The fraction of sp³-hybridized carbons (Fsp3) is 0.300. The Morgan fingerprint density at radius 2 is 1.93 bits per heavy atom. The molecule has 2 heterocycles. The topological polar surface area (TPSA) is 51.7 Å². The van der Waals surface area contributed by atoms with Gasteiger partial charge in [-0.2, -0.15) is 0 Å². The van der Waals surface area contributed by atoms with Crippen molar-refractivity contribution in [3.63, 3.8) is 0 Å². The maximum atomic E-state index is 12.4. The predicted molar refractivity (Wildman–Crippen MR) is 117 cm³/mol. The number of thiazole rings is 1. The number of fused-ring (bicyclic) bond motifs is 1. The smallest absolute Gasteiger partial charge is 0.274 e. The second-order valence-electron chi connectivity index (χ2n) is 6.63. The van der Waals surface area contributed by atoms with E-state index in [1.165, 1.54) is 11.3 Å². The summed E-state index contributed by atoms with van der Waals surface area (Å²) in [4.78, 5) is 18.7. The number of carbonyl (C=O) groups is 1. The Morgan fingerprint density at radius 3 is 2.66 bits per heavy atom. The Morgan fingerprint density at radius 1 is 1.14 bits per heavy atom. The lowest BCUT2D eigenvalue weighted by Crippen LogP contribution is -2.43. The van der Waals surface area contributed by atoms with E-state index in [9.17, 15) is 4.79 Å². The summed E-state index contributed by atoms with van der Waals surface area (Å²) in [6.07, 6.45) is 1.48. The van der Waals surface area contributed by atoms with Crippen molar-refractivity contribution in [2.75, 3.05) is 19.7 Å². The van der Waals surface area contributed by atoms with Crippen LogP contribution in [0, 0.1) is 0 Å². The first-order valence-corrected chi connectivity index (χ1v) is 11.0. The van der Waals surface area contributed by atoms with Crippen molar-refractivity contribution >= 4 is 62.3 Å². The molecule has 1 aromatic heterocycles. The third kappa shape index (κ3) is 4.89. The number of likely N-dealkylation sites (tertiary alicyclic amines) is 1. The number of ether oxygens (including phenoxy) is 2. The average molecular weight is 472 g/mol. The van der Waals surface area contributed by atoms with Crippen LogP contribution in [0.25, 0.3) is 10.2 Å². The van der Waals surface area contributed by atoms with Gasteiger partial charge in [0.15, 0.2) is 6.61 Å². The van der Waals surface area contributed by atoms with Crippen LogP contribution in [0.3, 0.4) is 0 Å². The summed E-state index contributed by atoms with van der Waals surface area (Å²) < 4.78 is 12.6. The minimum atomic E-state index is -0.0822. The Labute approximate surface area is 187 Å². The van der Waals surface area contributed by atoms with Crippen LogP contribution in [0.2, 0.25) is 15.1 Å².